The quantitative estimate of drug-likeness (QED) is 0.675. The minimum absolute atomic E-state index is 0.293. The molecule has 1 aliphatic heterocycles. The van der Waals surface area contributed by atoms with Crippen molar-refractivity contribution in [3.8, 4) is 34.6 Å². The molecule has 1 amide bonds. The van der Waals surface area contributed by atoms with Gasteiger partial charge in [-0.15, -0.1) is 0 Å². The van der Waals surface area contributed by atoms with Crippen molar-refractivity contribution in [1.29, 1.82) is 5.26 Å². The van der Waals surface area contributed by atoms with Crippen LogP contribution in [0.15, 0.2) is 48.7 Å². The minimum atomic E-state index is -0.298. The fraction of sp³-hybridized carbons (Fsp3) is 0.227. The van der Waals surface area contributed by atoms with Gasteiger partial charge in [0.2, 0.25) is 0 Å². The molecule has 1 N–H and O–H groups in total. The number of methoxy groups -OCH3 is 1. The van der Waals surface area contributed by atoms with Crippen molar-refractivity contribution in [2.75, 3.05) is 25.6 Å². The van der Waals surface area contributed by atoms with Crippen LogP contribution >= 0.6 is 0 Å². The maximum absolute atomic E-state index is 13.0. The van der Waals surface area contributed by atoms with E-state index in [2.05, 4.69) is 16.5 Å². The molecule has 2 aromatic carbocycles. The molecule has 0 aliphatic carbocycles. The van der Waals surface area contributed by atoms with Crippen molar-refractivity contribution in [3.63, 3.8) is 0 Å². The van der Waals surface area contributed by atoms with Crippen LogP contribution in [0.3, 0.4) is 0 Å². The van der Waals surface area contributed by atoms with Gasteiger partial charge in [-0.25, -0.2) is 0 Å². The van der Waals surface area contributed by atoms with Crippen molar-refractivity contribution in [2.24, 2.45) is 0 Å². The molecular weight excluding hydrogens is 384 g/mol. The molecule has 8 nitrogen and oxygen atoms in total. The summed E-state index contributed by atoms with van der Waals surface area (Å²) in [5.41, 5.74) is 2.28. The number of carbonyl (C=O) groups is 1. The highest BCUT2D eigenvalue weighted by atomic mass is 16.6. The molecule has 2 heterocycles. The second kappa shape index (κ2) is 8.57. The summed E-state index contributed by atoms with van der Waals surface area (Å²) in [6.07, 6.45) is 1.95. The molecule has 0 saturated heterocycles. The van der Waals surface area contributed by atoms with Gasteiger partial charge in [-0.3, -0.25) is 9.48 Å². The summed E-state index contributed by atoms with van der Waals surface area (Å²) in [4.78, 5) is 13.0. The second-order valence-corrected chi connectivity index (χ2v) is 6.60. The van der Waals surface area contributed by atoms with Crippen molar-refractivity contribution in [2.45, 2.75) is 13.0 Å². The van der Waals surface area contributed by atoms with Crippen LogP contribution in [0.4, 0.5) is 5.69 Å². The number of benzene rings is 2. The number of nitrogens with one attached hydrogen (secondary N) is 1. The lowest BCUT2D eigenvalue weighted by atomic mass is 10.1. The van der Waals surface area contributed by atoms with E-state index in [1.165, 1.54) is 0 Å². The molecule has 0 radical (unpaired) electrons. The van der Waals surface area contributed by atoms with Gasteiger partial charge in [0.25, 0.3) is 5.91 Å². The van der Waals surface area contributed by atoms with Crippen LogP contribution in [0.1, 0.15) is 16.8 Å². The molecule has 8 heteroatoms. The van der Waals surface area contributed by atoms with Crippen molar-refractivity contribution in [3.05, 3.63) is 54.2 Å². The topological polar surface area (TPSA) is 98.4 Å². The third kappa shape index (κ3) is 4.05. The first kappa shape index (κ1) is 19.3. The molecule has 1 aromatic heterocycles. The Morgan fingerprint density at radius 3 is 2.70 bits per heavy atom. The number of hydrogen-bond donors (Lipinski definition) is 1. The number of nitriles is 1. The highest BCUT2D eigenvalue weighted by molar-refractivity contribution is 6.08. The molecule has 3 aromatic rings. The molecule has 0 bridgehead atoms. The molecule has 0 atom stereocenters. The molecule has 0 unspecified atom stereocenters. The lowest BCUT2D eigenvalue weighted by molar-refractivity contribution is 0.102. The summed E-state index contributed by atoms with van der Waals surface area (Å²) < 4.78 is 18.0. The number of amides is 1. The molecule has 152 valence electrons. The third-order valence-corrected chi connectivity index (χ3v) is 4.62. The molecular formula is C22H20N4O4. The van der Waals surface area contributed by atoms with Gasteiger partial charge in [-0.2, -0.15) is 10.4 Å². The van der Waals surface area contributed by atoms with Gasteiger partial charge in [0, 0.05) is 17.4 Å². The van der Waals surface area contributed by atoms with Crippen molar-refractivity contribution in [1.82, 2.24) is 9.78 Å². The zero-order valence-electron chi connectivity index (χ0n) is 16.4. The second-order valence-electron chi connectivity index (χ2n) is 6.60. The molecule has 30 heavy (non-hydrogen) atoms. The number of rotatable bonds is 6. The van der Waals surface area contributed by atoms with Crippen LogP contribution < -0.4 is 19.5 Å². The van der Waals surface area contributed by atoms with E-state index in [1.54, 1.807) is 42.3 Å². The smallest absolute Gasteiger partial charge is 0.259 e. The number of aryl methyl sites for hydroxylation is 1. The number of fused-ring (bicyclic) bond motifs is 1. The highest BCUT2D eigenvalue weighted by Gasteiger charge is 2.21. The first-order chi connectivity index (χ1) is 14.7. The Morgan fingerprint density at radius 2 is 1.97 bits per heavy atom. The highest BCUT2D eigenvalue weighted by Crippen LogP contribution is 2.35. The van der Waals surface area contributed by atoms with Gasteiger partial charge in [0.05, 0.1) is 31.7 Å². The number of carbonyl (C=O) groups excluding carboxylic acids is 1. The number of aromatic nitrogens is 2. The van der Waals surface area contributed by atoms with Crippen LogP contribution in [0.5, 0.6) is 17.2 Å². The van der Waals surface area contributed by atoms with E-state index in [0.717, 1.165) is 5.56 Å². The summed E-state index contributed by atoms with van der Waals surface area (Å²) in [5.74, 6) is 1.69. The van der Waals surface area contributed by atoms with E-state index < -0.39 is 0 Å². The van der Waals surface area contributed by atoms with Gasteiger partial charge < -0.3 is 19.5 Å². The third-order valence-electron chi connectivity index (χ3n) is 4.62. The van der Waals surface area contributed by atoms with Crippen LogP contribution in [0.2, 0.25) is 0 Å². The molecule has 4 rings (SSSR count). The average molecular weight is 404 g/mol. The predicted molar refractivity (Wildman–Crippen MR) is 110 cm³/mol. The lowest BCUT2D eigenvalue weighted by Crippen LogP contribution is -2.15. The van der Waals surface area contributed by atoms with E-state index in [4.69, 9.17) is 19.5 Å². The Balaban J connectivity index is 1.66. The normalized spacial score (nSPS) is 12.1. The number of nitrogens with zero attached hydrogens (tertiary/aromatic N) is 3. The first-order valence-electron chi connectivity index (χ1n) is 9.48. The summed E-state index contributed by atoms with van der Waals surface area (Å²) in [7, 11) is 1.59. The van der Waals surface area contributed by atoms with Crippen molar-refractivity contribution >= 4 is 11.6 Å². The van der Waals surface area contributed by atoms with Gasteiger partial charge in [-0.05, 0) is 42.5 Å². The maximum Gasteiger partial charge on any atom is 0.259 e. The van der Waals surface area contributed by atoms with E-state index in [-0.39, 0.29) is 5.91 Å². The Morgan fingerprint density at radius 1 is 1.20 bits per heavy atom. The Bertz CT molecular complexity index is 1100. The van der Waals surface area contributed by atoms with Crippen LogP contribution in [-0.4, -0.2) is 36.0 Å². The maximum atomic E-state index is 13.0. The summed E-state index contributed by atoms with van der Waals surface area (Å²) in [6, 6.07) is 14.6. The number of hydrogen-bond acceptors (Lipinski definition) is 6. The standard InChI is InChI=1S/C22H20N4O4/c1-28-17-6-4-16(5-7-17)24-22(27)18-14-26(10-2-9-23)25-21(18)15-3-8-19-20(13-15)30-12-11-29-19/h3-8,13-14H,2,10-12H2,1H3,(H,24,27). The van der Waals surface area contributed by atoms with E-state index >= 15 is 0 Å². The number of ether oxygens (including phenoxy) is 3. The zero-order chi connectivity index (χ0) is 20.9. The molecule has 0 spiro atoms. The van der Waals surface area contributed by atoms with Gasteiger partial charge >= 0.3 is 0 Å². The van der Waals surface area contributed by atoms with Gasteiger partial charge in [0.1, 0.15) is 24.7 Å². The molecule has 1 aliphatic rings. The predicted octanol–water partition coefficient (Wildman–Crippen LogP) is 3.50. The zero-order valence-corrected chi connectivity index (χ0v) is 16.4. The van der Waals surface area contributed by atoms with E-state index in [9.17, 15) is 4.79 Å². The Hall–Kier alpha value is -3.99. The molecule has 0 fully saturated rings. The SMILES string of the molecule is COc1ccc(NC(=O)c2cn(CCC#N)nc2-c2ccc3c(c2)OCCO3)cc1. The summed E-state index contributed by atoms with van der Waals surface area (Å²) >= 11 is 0. The van der Waals surface area contributed by atoms with E-state index in [1.807, 2.05) is 18.2 Å². The Labute approximate surface area is 173 Å². The van der Waals surface area contributed by atoms with Crippen LogP contribution in [0, 0.1) is 11.3 Å². The van der Waals surface area contributed by atoms with Crippen LogP contribution in [0.25, 0.3) is 11.3 Å². The largest absolute Gasteiger partial charge is 0.497 e. The minimum Gasteiger partial charge on any atom is -0.497 e. The summed E-state index contributed by atoms with van der Waals surface area (Å²) in [6.45, 7) is 1.37. The van der Waals surface area contributed by atoms with Crippen LogP contribution in [-0.2, 0) is 6.54 Å². The fourth-order valence-electron chi connectivity index (χ4n) is 3.14. The molecule has 0 saturated carbocycles. The lowest BCUT2D eigenvalue weighted by Gasteiger charge is -2.18. The average Bonchev–Trinajstić information content (AvgIpc) is 3.22. The monoisotopic (exact) mass is 404 g/mol. The fourth-order valence-corrected chi connectivity index (χ4v) is 3.14. The first-order valence-corrected chi connectivity index (χ1v) is 9.48. The Kier molecular flexibility index (Phi) is 5.52. The van der Waals surface area contributed by atoms with E-state index in [0.29, 0.717) is 60.4 Å². The summed E-state index contributed by atoms with van der Waals surface area (Å²) in [5, 5.41) is 16.3. The van der Waals surface area contributed by atoms with Gasteiger partial charge in [0.15, 0.2) is 11.5 Å². The van der Waals surface area contributed by atoms with Gasteiger partial charge in [-0.1, -0.05) is 0 Å². The van der Waals surface area contributed by atoms with Crippen molar-refractivity contribution < 1.29 is 19.0 Å². The number of anilines is 1.